The molecule has 0 saturated carbocycles. The highest BCUT2D eigenvalue weighted by Crippen LogP contribution is 2.30. The lowest BCUT2D eigenvalue weighted by molar-refractivity contribution is -0.149. The molecule has 5 heteroatoms. The Hall–Kier alpha value is -2.30. The molecule has 1 aromatic carbocycles. The van der Waals surface area contributed by atoms with Gasteiger partial charge < -0.3 is 9.84 Å². The summed E-state index contributed by atoms with van der Waals surface area (Å²) in [6.07, 6.45) is -1.11. The van der Waals surface area contributed by atoms with Gasteiger partial charge in [0.15, 0.2) is 0 Å². The molecule has 2 rings (SSSR count). The molecule has 0 aliphatic heterocycles. The quantitative estimate of drug-likeness (QED) is 0.874. The third-order valence-electron chi connectivity index (χ3n) is 3.33. The van der Waals surface area contributed by atoms with E-state index in [0.717, 1.165) is 9.95 Å². The van der Waals surface area contributed by atoms with Gasteiger partial charge >= 0.3 is 12.1 Å². The van der Waals surface area contributed by atoms with Crippen LogP contribution in [0.2, 0.25) is 0 Å². The molecule has 0 aliphatic carbocycles. The van der Waals surface area contributed by atoms with Gasteiger partial charge in [0, 0.05) is 11.1 Å². The lowest BCUT2D eigenvalue weighted by atomic mass is 9.89. The minimum atomic E-state index is -1.11. The van der Waals surface area contributed by atoms with Gasteiger partial charge in [-0.05, 0) is 32.9 Å². The summed E-state index contributed by atoms with van der Waals surface area (Å²) in [5, 5.41) is 10.2. The molecule has 1 N–H and O–H groups in total. The molecule has 0 fully saturated rings. The summed E-state index contributed by atoms with van der Waals surface area (Å²) in [7, 11) is 0. The van der Waals surface area contributed by atoms with Crippen LogP contribution >= 0.6 is 0 Å². The zero-order valence-electron chi connectivity index (χ0n) is 11.7. The van der Waals surface area contributed by atoms with Gasteiger partial charge in [-0.1, -0.05) is 18.2 Å². The summed E-state index contributed by atoms with van der Waals surface area (Å²) < 4.78 is 6.19. The van der Waals surface area contributed by atoms with Crippen LogP contribution in [0.3, 0.4) is 0 Å². The molecule has 0 amide bonds. The van der Waals surface area contributed by atoms with E-state index in [1.54, 1.807) is 39.0 Å². The Kier molecular flexibility index (Phi) is 3.53. The highest BCUT2D eigenvalue weighted by molar-refractivity contribution is 5.93. The molecule has 1 aromatic heterocycles. The Morgan fingerprint density at radius 3 is 2.55 bits per heavy atom. The van der Waals surface area contributed by atoms with Gasteiger partial charge in [-0.25, -0.2) is 9.36 Å². The second kappa shape index (κ2) is 5.00. The number of hydrogen-bond donors (Lipinski definition) is 1. The summed E-state index contributed by atoms with van der Waals surface area (Å²) in [5.74, 6) is -0.440. The lowest BCUT2D eigenvalue weighted by Crippen LogP contribution is -2.34. The molecule has 0 bridgehead atoms. The molecule has 0 atom stereocenters. The third-order valence-corrected chi connectivity index (χ3v) is 3.33. The minimum absolute atomic E-state index is 0.259. The monoisotopic (exact) mass is 275 g/mol. The normalized spacial score (nSPS) is 11.6. The molecule has 0 aliphatic rings. The number of carbonyl (C=O) groups is 2. The second-order valence-electron chi connectivity index (χ2n) is 5.05. The predicted octanol–water partition coefficient (Wildman–Crippen LogP) is 3.01. The summed E-state index contributed by atoms with van der Waals surface area (Å²) >= 11 is 0. The maximum atomic E-state index is 12.1. The molecule has 2 aromatic rings. The maximum Gasteiger partial charge on any atom is 0.416 e. The van der Waals surface area contributed by atoms with E-state index in [-0.39, 0.29) is 6.61 Å². The molecule has 1 heterocycles. The van der Waals surface area contributed by atoms with E-state index >= 15 is 0 Å². The SMILES string of the molecule is CCOC(=O)C(C)(C)c1cc2ccccc2n1C(=O)O. The van der Waals surface area contributed by atoms with Crippen molar-refractivity contribution in [1.82, 2.24) is 4.57 Å². The summed E-state index contributed by atoms with van der Waals surface area (Å²) in [5.41, 5.74) is -0.0648. The molecular formula is C15H17NO4. The topological polar surface area (TPSA) is 68.5 Å². The van der Waals surface area contributed by atoms with Crippen LogP contribution in [0.4, 0.5) is 4.79 Å². The number of benzene rings is 1. The van der Waals surface area contributed by atoms with Crippen molar-refractivity contribution in [2.24, 2.45) is 0 Å². The van der Waals surface area contributed by atoms with Crippen LogP contribution in [0, 0.1) is 0 Å². The van der Waals surface area contributed by atoms with Crippen LogP contribution < -0.4 is 0 Å². The first kappa shape index (κ1) is 14.1. The molecule has 0 saturated heterocycles. The number of aromatic nitrogens is 1. The smallest absolute Gasteiger partial charge is 0.416 e. The third kappa shape index (κ3) is 2.15. The van der Waals surface area contributed by atoms with Gasteiger partial charge in [0.05, 0.1) is 12.1 Å². The van der Waals surface area contributed by atoms with E-state index < -0.39 is 17.5 Å². The van der Waals surface area contributed by atoms with Gasteiger partial charge in [0.2, 0.25) is 0 Å². The van der Waals surface area contributed by atoms with Crippen molar-refractivity contribution >= 4 is 23.0 Å². The number of carboxylic acid groups (broad SMARTS) is 1. The van der Waals surface area contributed by atoms with E-state index in [4.69, 9.17) is 4.74 Å². The highest BCUT2D eigenvalue weighted by Gasteiger charge is 2.36. The Balaban J connectivity index is 2.67. The molecule has 0 unspecified atom stereocenters. The van der Waals surface area contributed by atoms with Crippen molar-refractivity contribution in [3.05, 3.63) is 36.0 Å². The number of carbonyl (C=O) groups excluding carboxylic acids is 1. The number of nitrogens with zero attached hydrogens (tertiary/aromatic N) is 1. The van der Waals surface area contributed by atoms with E-state index in [0.29, 0.717) is 11.2 Å². The first-order chi connectivity index (χ1) is 9.39. The predicted molar refractivity (Wildman–Crippen MR) is 75.0 cm³/mol. The van der Waals surface area contributed by atoms with Crippen LogP contribution in [0.15, 0.2) is 30.3 Å². The van der Waals surface area contributed by atoms with Crippen molar-refractivity contribution in [3.8, 4) is 0 Å². The van der Waals surface area contributed by atoms with Gasteiger partial charge in [0.1, 0.15) is 5.41 Å². The van der Waals surface area contributed by atoms with Crippen molar-refractivity contribution in [2.75, 3.05) is 6.61 Å². The van der Waals surface area contributed by atoms with Crippen LogP contribution in [0.25, 0.3) is 10.9 Å². The van der Waals surface area contributed by atoms with Crippen LogP contribution in [0.1, 0.15) is 26.5 Å². The van der Waals surface area contributed by atoms with E-state index in [1.807, 2.05) is 12.1 Å². The molecule has 106 valence electrons. The van der Waals surface area contributed by atoms with Crippen molar-refractivity contribution < 1.29 is 19.4 Å². The number of rotatable bonds is 3. The van der Waals surface area contributed by atoms with Gasteiger partial charge in [-0.2, -0.15) is 0 Å². The first-order valence-electron chi connectivity index (χ1n) is 6.41. The van der Waals surface area contributed by atoms with Gasteiger partial charge in [-0.3, -0.25) is 4.79 Å². The number of esters is 1. The lowest BCUT2D eigenvalue weighted by Gasteiger charge is -2.23. The van der Waals surface area contributed by atoms with Gasteiger partial charge in [0.25, 0.3) is 0 Å². The zero-order chi connectivity index (χ0) is 14.9. The largest absolute Gasteiger partial charge is 0.465 e. The fourth-order valence-corrected chi connectivity index (χ4v) is 2.24. The maximum absolute atomic E-state index is 12.1. The fraction of sp³-hybridized carbons (Fsp3) is 0.333. The number of hydrogen-bond acceptors (Lipinski definition) is 3. The molecular weight excluding hydrogens is 258 g/mol. The van der Waals surface area contributed by atoms with Crippen molar-refractivity contribution in [3.63, 3.8) is 0 Å². The molecule has 0 radical (unpaired) electrons. The van der Waals surface area contributed by atoms with E-state index in [9.17, 15) is 14.7 Å². The Morgan fingerprint density at radius 2 is 1.95 bits per heavy atom. The molecule has 0 spiro atoms. The highest BCUT2D eigenvalue weighted by atomic mass is 16.5. The van der Waals surface area contributed by atoms with Crippen molar-refractivity contribution in [1.29, 1.82) is 0 Å². The summed E-state index contributed by atoms with van der Waals surface area (Å²) in [4.78, 5) is 23.6. The Labute approximate surface area is 116 Å². The minimum Gasteiger partial charge on any atom is -0.465 e. The summed E-state index contributed by atoms with van der Waals surface area (Å²) in [6.45, 7) is 5.31. The number of ether oxygens (including phenoxy) is 1. The molecule has 20 heavy (non-hydrogen) atoms. The summed E-state index contributed by atoms with van der Waals surface area (Å²) in [6, 6.07) is 8.85. The van der Waals surface area contributed by atoms with Gasteiger partial charge in [-0.15, -0.1) is 0 Å². The molecule has 5 nitrogen and oxygen atoms in total. The Morgan fingerprint density at radius 1 is 1.30 bits per heavy atom. The zero-order valence-corrected chi connectivity index (χ0v) is 11.7. The standard InChI is InChI=1S/C15H17NO4/c1-4-20-13(17)15(2,3)12-9-10-7-5-6-8-11(10)16(12)14(18)19/h5-9H,4H2,1-3H3,(H,18,19). The average molecular weight is 275 g/mol. The van der Waals surface area contributed by atoms with Crippen LogP contribution in [-0.4, -0.2) is 28.3 Å². The van der Waals surface area contributed by atoms with E-state index in [1.165, 1.54) is 0 Å². The Bertz CT molecular complexity index is 670. The van der Waals surface area contributed by atoms with E-state index in [2.05, 4.69) is 0 Å². The first-order valence-corrected chi connectivity index (χ1v) is 6.41. The van der Waals surface area contributed by atoms with Crippen LogP contribution in [0.5, 0.6) is 0 Å². The average Bonchev–Trinajstić information content (AvgIpc) is 2.79. The number of fused-ring (bicyclic) bond motifs is 1. The number of para-hydroxylation sites is 1. The van der Waals surface area contributed by atoms with Crippen molar-refractivity contribution in [2.45, 2.75) is 26.2 Å². The second-order valence-corrected chi connectivity index (χ2v) is 5.05. The van der Waals surface area contributed by atoms with Crippen LogP contribution in [-0.2, 0) is 14.9 Å². The fourth-order valence-electron chi connectivity index (χ4n) is 2.24.